The molecule has 1 aromatic heterocycles. The monoisotopic (exact) mass is 282 g/mol. The van der Waals surface area contributed by atoms with E-state index in [1.54, 1.807) is 11.0 Å². The maximum Gasteiger partial charge on any atom is 2.00 e. The van der Waals surface area contributed by atoms with Gasteiger partial charge in [-0.2, -0.15) is 30.3 Å². The third-order valence-corrected chi connectivity index (χ3v) is 2.19. The summed E-state index contributed by atoms with van der Waals surface area (Å²) in [7, 11) is 0. The molecule has 0 saturated carbocycles. The number of nitrogens with zero attached hydrogens (tertiary/aromatic N) is 3. The maximum absolute atomic E-state index is 5.36. The van der Waals surface area contributed by atoms with Gasteiger partial charge in [0, 0.05) is 6.54 Å². The van der Waals surface area contributed by atoms with Crippen molar-refractivity contribution >= 4 is 5.95 Å². The first-order valence-electron chi connectivity index (χ1n) is 5.37. The standard InChI is InChI=1S/C8H9N4.C5H5.Fe/c9-8-10-6-12(11-8)5-7-3-1-2-4-7;1-2-4-5-3-1;/h1-4,6H,5H2,(H2,9,11);1-5H;/q2*-1;+2. The molecule has 0 aliphatic heterocycles. The largest absolute Gasteiger partial charge is 2.00 e. The van der Waals surface area contributed by atoms with Crippen LogP contribution >= 0.6 is 0 Å². The van der Waals surface area contributed by atoms with Gasteiger partial charge in [-0.25, -0.2) is 33.9 Å². The zero-order chi connectivity index (χ0) is 11.9. The molecule has 2 aromatic carbocycles. The van der Waals surface area contributed by atoms with E-state index in [2.05, 4.69) is 10.1 Å². The van der Waals surface area contributed by atoms with Crippen molar-refractivity contribution in [3.8, 4) is 0 Å². The summed E-state index contributed by atoms with van der Waals surface area (Å²) in [6, 6.07) is 18.1. The molecule has 0 bridgehead atoms. The molecular weight excluding hydrogens is 268 g/mol. The summed E-state index contributed by atoms with van der Waals surface area (Å²) in [6.07, 6.45) is 1.63. The second-order valence-corrected chi connectivity index (χ2v) is 3.56. The number of nitrogen functional groups attached to an aromatic ring is 1. The van der Waals surface area contributed by atoms with Crippen LogP contribution in [0.25, 0.3) is 0 Å². The predicted octanol–water partition coefficient (Wildman–Crippen LogP) is 2.03. The molecule has 4 nitrogen and oxygen atoms in total. The van der Waals surface area contributed by atoms with Crippen LogP contribution < -0.4 is 5.73 Å². The van der Waals surface area contributed by atoms with E-state index in [0.29, 0.717) is 5.95 Å². The van der Waals surface area contributed by atoms with Gasteiger partial charge in [-0.15, -0.1) is 10.7 Å². The Balaban J connectivity index is 0.000000230. The SMILES string of the molecule is Nc1ncn(Cc2ccc[cH-]2)n1.[Fe+2].c1cc[cH-]c1. The van der Waals surface area contributed by atoms with Gasteiger partial charge in [0.1, 0.15) is 6.33 Å². The van der Waals surface area contributed by atoms with Crippen LogP contribution in [0.15, 0.2) is 60.9 Å². The third-order valence-electron chi connectivity index (χ3n) is 2.19. The molecule has 0 radical (unpaired) electrons. The van der Waals surface area contributed by atoms with Gasteiger partial charge in [0.05, 0.1) is 0 Å². The van der Waals surface area contributed by atoms with Crippen LogP contribution in [0, 0.1) is 0 Å². The van der Waals surface area contributed by atoms with Gasteiger partial charge in [-0.05, 0) is 0 Å². The summed E-state index contributed by atoms with van der Waals surface area (Å²) in [5.74, 6) is 0.321. The van der Waals surface area contributed by atoms with Crippen molar-refractivity contribution in [1.82, 2.24) is 14.8 Å². The molecule has 1 heterocycles. The quantitative estimate of drug-likeness (QED) is 0.578. The van der Waals surface area contributed by atoms with E-state index in [1.807, 2.05) is 54.6 Å². The molecule has 0 saturated heterocycles. The molecule has 0 unspecified atom stereocenters. The van der Waals surface area contributed by atoms with Crippen molar-refractivity contribution in [2.75, 3.05) is 5.73 Å². The second-order valence-electron chi connectivity index (χ2n) is 3.56. The smallest absolute Gasteiger partial charge is 0.367 e. The van der Waals surface area contributed by atoms with Crippen molar-refractivity contribution in [1.29, 1.82) is 0 Å². The number of aromatic nitrogens is 3. The maximum atomic E-state index is 5.36. The van der Waals surface area contributed by atoms with E-state index in [1.165, 1.54) is 5.56 Å². The van der Waals surface area contributed by atoms with Gasteiger partial charge in [0.25, 0.3) is 0 Å². The Morgan fingerprint density at radius 3 is 2.39 bits per heavy atom. The van der Waals surface area contributed by atoms with Gasteiger partial charge < -0.3 is 5.73 Å². The van der Waals surface area contributed by atoms with E-state index in [-0.39, 0.29) is 17.1 Å². The summed E-state index contributed by atoms with van der Waals surface area (Å²) in [6.45, 7) is 0.733. The molecule has 0 atom stereocenters. The molecule has 0 amide bonds. The van der Waals surface area contributed by atoms with Crippen molar-refractivity contribution in [3.05, 3.63) is 66.5 Å². The molecule has 0 aliphatic carbocycles. The Hall–Kier alpha value is -1.84. The molecular formula is C13H14FeN4. The zero-order valence-electron chi connectivity index (χ0n) is 9.75. The summed E-state index contributed by atoms with van der Waals surface area (Å²) in [4.78, 5) is 3.83. The van der Waals surface area contributed by atoms with Crippen molar-refractivity contribution in [3.63, 3.8) is 0 Å². The number of hydrogen-bond donors (Lipinski definition) is 1. The second kappa shape index (κ2) is 7.48. The van der Waals surface area contributed by atoms with Crippen LogP contribution in [0.1, 0.15) is 5.56 Å². The Labute approximate surface area is 117 Å². The molecule has 3 rings (SSSR count). The van der Waals surface area contributed by atoms with E-state index in [4.69, 9.17) is 5.73 Å². The fourth-order valence-electron chi connectivity index (χ4n) is 1.41. The van der Waals surface area contributed by atoms with Crippen LogP contribution in [0.4, 0.5) is 5.95 Å². The summed E-state index contributed by atoms with van der Waals surface area (Å²) < 4.78 is 1.71. The van der Waals surface area contributed by atoms with Crippen LogP contribution in [-0.4, -0.2) is 14.8 Å². The van der Waals surface area contributed by atoms with Crippen molar-refractivity contribution in [2.45, 2.75) is 6.54 Å². The van der Waals surface area contributed by atoms with Crippen LogP contribution in [0.5, 0.6) is 0 Å². The van der Waals surface area contributed by atoms with Gasteiger partial charge in [-0.3, -0.25) is 0 Å². The van der Waals surface area contributed by atoms with Gasteiger partial charge in [-0.1, -0.05) is 0 Å². The molecule has 2 N–H and O–H groups in total. The molecule has 3 aromatic rings. The normalized spacial score (nSPS) is 9.11. The molecule has 5 heteroatoms. The Bertz CT molecular complexity index is 494. The first-order chi connectivity index (χ1) is 8.34. The van der Waals surface area contributed by atoms with Gasteiger partial charge in [0.2, 0.25) is 5.95 Å². The average Bonchev–Trinajstić information content (AvgIpc) is 3.02. The summed E-state index contributed by atoms with van der Waals surface area (Å²) in [5.41, 5.74) is 6.57. The molecule has 0 aliphatic rings. The predicted molar refractivity (Wildman–Crippen MR) is 67.6 cm³/mol. The Morgan fingerprint density at radius 2 is 1.94 bits per heavy atom. The summed E-state index contributed by atoms with van der Waals surface area (Å²) in [5, 5.41) is 3.97. The van der Waals surface area contributed by atoms with Gasteiger partial charge >= 0.3 is 17.1 Å². The minimum Gasteiger partial charge on any atom is -0.367 e. The van der Waals surface area contributed by atoms with E-state index in [9.17, 15) is 0 Å². The fraction of sp³-hybridized carbons (Fsp3) is 0.0769. The molecule has 94 valence electrons. The van der Waals surface area contributed by atoms with E-state index >= 15 is 0 Å². The molecule has 18 heavy (non-hydrogen) atoms. The van der Waals surface area contributed by atoms with E-state index < -0.39 is 0 Å². The topological polar surface area (TPSA) is 56.7 Å². The van der Waals surface area contributed by atoms with Crippen LogP contribution in [-0.2, 0) is 23.6 Å². The number of rotatable bonds is 2. The average molecular weight is 282 g/mol. The minimum absolute atomic E-state index is 0. The third kappa shape index (κ3) is 4.57. The minimum atomic E-state index is 0. The van der Waals surface area contributed by atoms with Gasteiger partial charge in [0.15, 0.2) is 0 Å². The molecule has 0 fully saturated rings. The fourth-order valence-corrected chi connectivity index (χ4v) is 1.41. The van der Waals surface area contributed by atoms with Crippen LogP contribution in [0.3, 0.4) is 0 Å². The first-order valence-corrected chi connectivity index (χ1v) is 5.37. The van der Waals surface area contributed by atoms with Crippen molar-refractivity contribution < 1.29 is 17.1 Å². The Morgan fingerprint density at radius 1 is 1.17 bits per heavy atom. The van der Waals surface area contributed by atoms with E-state index in [0.717, 1.165) is 6.54 Å². The first kappa shape index (κ1) is 14.2. The van der Waals surface area contributed by atoms with Crippen molar-refractivity contribution in [2.24, 2.45) is 0 Å². The summed E-state index contributed by atoms with van der Waals surface area (Å²) >= 11 is 0. The Kier molecular flexibility index (Phi) is 5.91. The zero-order valence-corrected chi connectivity index (χ0v) is 10.9. The number of hydrogen-bond acceptors (Lipinski definition) is 3. The number of nitrogens with two attached hydrogens (primary N) is 1. The molecule has 0 spiro atoms. The van der Waals surface area contributed by atoms with Crippen LogP contribution in [0.2, 0.25) is 0 Å². The number of anilines is 1.